The number of rotatable bonds is 7. The van der Waals surface area contributed by atoms with Crippen LogP contribution in [0.3, 0.4) is 0 Å². The molecule has 3 aliphatic heterocycles. The fraction of sp³-hybridized carbons (Fsp3) is 0.333. The lowest BCUT2D eigenvalue weighted by Crippen LogP contribution is -2.50. The van der Waals surface area contributed by atoms with Crippen LogP contribution in [0.2, 0.25) is 0 Å². The summed E-state index contributed by atoms with van der Waals surface area (Å²) in [7, 11) is 1.36. The highest BCUT2D eigenvalue weighted by molar-refractivity contribution is 8.16. The minimum atomic E-state index is -0.538. The lowest BCUT2D eigenvalue weighted by molar-refractivity contribution is -0.138. The van der Waals surface area contributed by atoms with Crippen LogP contribution in [0.4, 0.5) is 0 Å². The van der Waals surface area contributed by atoms with Crippen LogP contribution in [0.5, 0.6) is 5.75 Å². The van der Waals surface area contributed by atoms with Crippen LogP contribution in [0.1, 0.15) is 37.4 Å². The van der Waals surface area contributed by atoms with Gasteiger partial charge < -0.3 is 24.2 Å². The second-order valence-corrected chi connectivity index (χ2v) is 10.6. The second-order valence-electron chi connectivity index (χ2n) is 9.80. The first-order valence-corrected chi connectivity index (χ1v) is 14.1. The standard InChI is InChI=1S/C30H32N4O5S/c1-20-27(29(37)38-3)28(23-10-7-11-25(16-23)39-18-22-8-5-4-6-9-22)34-24(19-40-30(34)31-20)17-26(36)33-14-12-32(13-15-33)21(2)35/h4-11,16,19,28H,12-15,17-18H2,1-3H3. The molecule has 0 N–H and O–H groups in total. The van der Waals surface area contributed by atoms with Crippen molar-refractivity contribution in [3.05, 3.63) is 88.1 Å². The molecule has 2 aromatic carbocycles. The van der Waals surface area contributed by atoms with E-state index in [1.165, 1.54) is 18.9 Å². The molecule has 0 aliphatic carbocycles. The first-order valence-electron chi connectivity index (χ1n) is 13.2. The molecule has 5 rings (SSSR count). The molecular formula is C30H32N4O5S. The number of hydrogen-bond donors (Lipinski definition) is 0. The average molecular weight is 561 g/mol. The number of amidine groups is 1. The zero-order chi connectivity index (χ0) is 28.2. The number of amides is 2. The molecule has 10 heteroatoms. The summed E-state index contributed by atoms with van der Waals surface area (Å²) in [5.74, 6) is 0.195. The number of allylic oxidation sites excluding steroid dienone is 1. The molecule has 1 unspecified atom stereocenters. The number of hydrogen-bond acceptors (Lipinski definition) is 8. The van der Waals surface area contributed by atoms with Crippen LogP contribution in [0.25, 0.3) is 0 Å². The van der Waals surface area contributed by atoms with Gasteiger partial charge >= 0.3 is 5.97 Å². The molecular weight excluding hydrogens is 528 g/mol. The summed E-state index contributed by atoms with van der Waals surface area (Å²) in [6, 6.07) is 17.0. The minimum Gasteiger partial charge on any atom is -0.489 e. The molecule has 0 saturated carbocycles. The van der Waals surface area contributed by atoms with Crippen LogP contribution >= 0.6 is 11.8 Å². The van der Waals surface area contributed by atoms with Gasteiger partial charge in [-0.3, -0.25) is 9.59 Å². The molecule has 0 spiro atoms. The van der Waals surface area contributed by atoms with E-state index in [0.717, 1.165) is 16.8 Å². The van der Waals surface area contributed by atoms with Crippen LogP contribution in [0.15, 0.2) is 82.0 Å². The summed E-state index contributed by atoms with van der Waals surface area (Å²) in [6.45, 7) is 5.81. The van der Waals surface area contributed by atoms with E-state index < -0.39 is 12.0 Å². The predicted molar refractivity (Wildman–Crippen MR) is 153 cm³/mol. The molecule has 40 heavy (non-hydrogen) atoms. The summed E-state index contributed by atoms with van der Waals surface area (Å²) in [5.41, 5.74) is 3.63. The van der Waals surface area contributed by atoms with Crippen molar-refractivity contribution >= 4 is 34.7 Å². The Morgan fingerprint density at radius 2 is 1.73 bits per heavy atom. The van der Waals surface area contributed by atoms with E-state index >= 15 is 0 Å². The summed E-state index contributed by atoms with van der Waals surface area (Å²) >= 11 is 1.44. The second kappa shape index (κ2) is 12.0. The molecule has 0 aromatic heterocycles. The molecule has 1 saturated heterocycles. The van der Waals surface area contributed by atoms with Crippen molar-refractivity contribution in [1.82, 2.24) is 14.7 Å². The number of benzene rings is 2. The van der Waals surface area contributed by atoms with Gasteiger partial charge in [0.25, 0.3) is 0 Å². The van der Waals surface area contributed by atoms with Crippen LogP contribution in [-0.2, 0) is 25.7 Å². The van der Waals surface area contributed by atoms with Gasteiger partial charge in [-0.25, -0.2) is 9.79 Å². The molecule has 9 nitrogen and oxygen atoms in total. The van der Waals surface area contributed by atoms with E-state index in [4.69, 9.17) is 14.5 Å². The number of ether oxygens (including phenoxy) is 2. The lowest BCUT2D eigenvalue weighted by atomic mass is 9.93. The van der Waals surface area contributed by atoms with Crippen LogP contribution in [0, 0.1) is 0 Å². The third-order valence-corrected chi connectivity index (χ3v) is 8.13. The van der Waals surface area contributed by atoms with Crippen LogP contribution in [-0.4, -0.2) is 70.9 Å². The van der Waals surface area contributed by atoms with Gasteiger partial charge in [0.15, 0.2) is 5.17 Å². The number of methoxy groups -OCH3 is 1. The van der Waals surface area contributed by atoms with Gasteiger partial charge in [0.05, 0.1) is 30.8 Å². The number of carbonyl (C=O) groups is 3. The monoisotopic (exact) mass is 560 g/mol. The zero-order valence-corrected chi connectivity index (χ0v) is 23.6. The minimum absolute atomic E-state index is 0.0199. The van der Waals surface area contributed by atoms with E-state index in [0.29, 0.717) is 55.0 Å². The van der Waals surface area contributed by atoms with Gasteiger partial charge in [-0.2, -0.15) is 0 Å². The molecule has 0 radical (unpaired) electrons. The van der Waals surface area contributed by atoms with E-state index in [-0.39, 0.29) is 18.2 Å². The van der Waals surface area contributed by atoms with Crippen molar-refractivity contribution in [3.8, 4) is 5.75 Å². The summed E-state index contributed by atoms with van der Waals surface area (Å²) in [5, 5.41) is 2.63. The Bertz CT molecular complexity index is 1400. The Labute approximate surface area is 238 Å². The summed E-state index contributed by atoms with van der Waals surface area (Å²) in [4.78, 5) is 48.3. The summed E-state index contributed by atoms with van der Waals surface area (Å²) < 4.78 is 11.3. The van der Waals surface area contributed by atoms with Crippen molar-refractivity contribution in [2.75, 3.05) is 33.3 Å². The lowest BCUT2D eigenvalue weighted by Gasteiger charge is -2.37. The number of carbonyl (C=O) groups excluding carboxylic acids is 3. The van der Waals surface area contributed by atoms with E-state index in [1.54, 1.807) is 23.6 Å². The Kier molecular flexibility index (Phi) is 8.25. The normalized spacial score (nSPS) is 18.7. The highest BCUT2D eigenvalue weighted by Gasteiger charge is 2.41. The maximum Gasteiger partial charge on any atom is 0.338 e. The van der Waals surface area contributed by atoms with Crippen molar-refractivity contribution < 1.29 is 23.9 Å². The Morgan fingerprint density at radius 1 is 1.00 bits per heavy atom. The number of fused-ring (bicyclic) bond motifs is 1. The van der Waals surface area contributed by atoms with Gasteiger partial charge in [0.1, 0.15) is 12.4 Å². The summed E-state index contributed by atoms with van der Waals surface area (Å²) in [6.07, 6.45) is 0.153. The molecule has 3 aliphatic rings. The quantitative estimate of drug-likeness (QED) is 0.471. The van der Waals surface area contributed by atoms with E-state index in [9.17, 15) is 14.4 Å². The number of aliphatic imine (C=N–C) groups is 1. The van der Waals surface area contributed by atoms with Crippen molar-refractivity contribution in [2.45, 2.75) is 32.9 Å². The molecule has 2 aromatic rings. The highest BCUT2D eigenvalue weighted by atomic mass is 32.2. The first-order chi connectivity index (χ1) is 19.4. The topological polar surface area (TPSA) is 91.8 Å². The molecule has 2 amide bonds. The van der Waals surface area contributed by atoms with Gasteiger partial charge in [-0.1, -0.05) is 54.2 Å². The van der Waals surface area contributed by atoms with Gasteiger partial charge in [0, 0.05) is 38.8 Å². The maximum atomic E-state index is 13.3. The molecule has 1 atom stereocenters. The number of thioether (sulfide) groups is 1. The largest absolute Gasteiger partial charge is 0.489 e. The van der Waals surface area contributed by atoms with Crippen molar-refractivity contribution in [1.29, 1.82) is 0 Å². The SMILES string of the molecule is COC(=O)C1=C(C)N=C2SC=C(CC(=O)N3CCN(C(C)=O)CC3)N2C1c1cccc(OCc2ccccc2)c1. The van der Waals surface area contributed by atoms with E-state index in [1.807, 2.05) is 64.9 Å². The third-order valence-electron chi connectivity index (χ3n) is 7.24. The fourth-order valence-corrected chi connectivity index (χ4v) is 6.07. The first kappa shape index (κ1) is 27.5. The number of nitrogens with zero attached hydrogens (tertiary/aromatic N) is 4. The van der Waals surface area contributed by atoms with Crippen molar-refractivity contribution in [2.24, 2.45) is 4.99 Å². The smallest absolute Gasteiger partial charge is 0.338 e. The fourth-order valence-electron chi connectivity index (χ4n) is 5.11. The predicted octanol–water partition coefficient (Wildman–Crippen LogP) is 4.09. The van der Waals surface area contributed by atoms with E-state index in [2.05, 4.69) is 0 Å². The van der Waals surface area contributed by atoms with Crippen LogP contribution < -0.4 is 4.74 Å². The number of esters is 1. The Hall–Kier alpha value is -4.05. The highest BCUT2D eigenvalue weighted by Crippen LogP contribution is 2.45. The molecule has 208 valence electrons. The zero-order valence-electron chi connectivity index (χ0n) is 22.8. The maximum absolute atomic E-state index is 13.3. The molecule has 0 bridgehead atoms. The molecule has 1 fully saturated rings. The number of piperazine rings is 1. The van der Waals surface area contributed by atoms with Gasteiger partial charge in [0.2, 0.25) is 11.8 Å². The Morgan fingerprint density at radius 3 is 2.42 bits per heavy atom. The third kappa shape index (κ3) is 5.77. The van der Waals surface area contributed by atoms with Gasteiger partial charge in [-0.05, 0) is 35.6 Å². The average Bonchev–Trinajstić information content (AvgIpc) is 3.37. The van der Waals surface area contributed by atoms with Crippen molar-refractivity contribution in [3.63, 3.8) is 0 Å². The molecule has 3 heterocycles. The van der Waals surface area contributed by atoms with Gasteiger partial charge in [-0.15, -0.1) is 0 Å². The Balaban J connectivity index is 1.40.